The topological polar surface area (TPSA) is 100 Å². The second-order valence-electron chi connectivity index (χ2n) is 10.2. The van der Waals surface area contributed by atoms with Crippen LogP contribution in [0, 0.1) is 5.92 Å². The number of amides is 2. The van der Waals surface area contributed by atoms with Gasteiger partial charge in [-0.2, -0.15) is 0 Å². The van der Waals surface area contributed by atoms with Crippen LogP contribution in [0.25, 0.3) is 6.08 Å². The molecule has 3 aromatic rings. The summed E-state index contributed by atoms with van der Waals surface area (Å²) in [4.78, 5) is 32.6. The van der Waals surface area contributed by atoms with E-state index >= 15 is 0 Å². The Bertz CT molecular complexity index is 1280. The number of halogens is 1. The smallest absolute Gasteiger partial charge is 0.248 e. The Balaban J connectivity index is 1.47. The number of rotatable bonds is 6. The van der Waals surface area contributed by atoms with Crippen LogP contribution in [0.3, 0.4) is 0 Å². The van der Waals surface area contributed by atoms with Gasteiger partial charge in [0.25, 0.3) is 0 Å². The maximum Gasteiger partial charge on any atom is 0.248 e. The van der Waals surface area contributed by atoms with Crippen LogP contribution in [-0.4, -0.2) is 40.3 Å². The standard InChI is InChI=1S/C29H32ClN5O2/c1-29(2,3)35-17-22(23(18-35)28(37)33-21-12-10-20(30)11-13-21)25-14-8-19(16-32-25)9-15-27(36)34-26-7-5-4-6-24(26)31/h4-16,22-23H,17-18,31H2,1-3H3,(H,33,37)(H,34,36). The van der Waals surface area contributed by atoms with Crippen molar-refractivity contribution in [1.82, 2.24) is 9.88 Å². The summed E-state index contributed by atoms with van der Waals surface area (Å²) < 4.78 is 0. The minimum atomic E-state index is -0.280. The third-order valence-corrected chi connectivity index (χ3v) is 6.80. The largest absolute Gasteiger partial charge is 0.397 e. The molecular weight excluding hydrogens is 486 g/mol. The summed E-state index contributed by atoms with van der Waals surface area (Å²) in [6.07, 6.45) is 4.87. The number of pyridine rings is 1. The fourth-order valence-electron chi connectivity index (χ4n) is 4.38. The molecule has 0 aliphatic carbocycles. The number of para-hydroxylation sites is 2. The van der Waals surface area contributed by atoms with Gasteiger partial charge in [0.1, 0.15) is 0 Å². The molecule has 0 bridgehead atoms. The highest BCUT2D eigenvalue weighted by molar-refractivity contribution is 6.30. The quantitative estimate of drug-likeness (QED) is 0.299. The number of nitrogens with zero attached hydrogens (tertiary/aromatic N) is 2. The van der Waals surface area contributed by atoms with Crippen LogP contribution in [0.15, 0.2) is 72.9 Å². The number of aromatic nitrogens is 1. The first-order chi connectivity index (χ1) is 17.6. The van der Waals surface area contributed by atoms with Gasteiger partial charge >= 0.3 is 0 Å². The molecule has 37 heavy (non-hydrogen) atoms. The molecule has 0 spiro atoms. The summed E-state index contributed by atoms with van der Waals surface area (Å²) in [5, 5.41) is 6.42. The Labute approximate surface area is 222 Å². The van der Waals surface area contributed by atoms with Crippen molar-refractivity contribution < 1.29 is 9.59 Å². The molecule has 192 valence electrons. The second kappa shape index (κ2) is 11.2. The van der Waals surface area contributed by atoms with Crippen molar-refractivity contribution in [3.8, 4) is 0 Å². The van der Waals surface area contributed by atoms with E-state index in [2.05, 4.69) is 41.3 Å². The Morgan fingerprint density at radius 1 is 1.03 bits per heavy atom. The van der Waals surface area contributed by atoms with Crippen molar-refractivity contribution >= 4 is 46.6 Å². The Morgan fingerprint density at radius 3 is 2.41 bits per heavy atom. The molecule has 4 rings (SSSR count). The average molecular weight is 518 g/mol. The average Bonchev–Trinajstić information content (AvgIpc) is 3.32. The van der Waals surface area contributed by atoms with Crippen molar-refractivity contribution in [2.75, 3.05) is 29.5 Å². The van der Waals surface area contributed by atoms with Gasteiger partial charge in [-0.1, -0.05) is 29.8 Å². The van der Waals surface area contributed by atoms with E-state index in [1.165, 1.54) is 6.08 Å². The predicted molar refractivity (Wildman–Crippen MR) is 150 cm³/mol. The number of likely N-dealkylation sites (tertiary alicyclic amines) is 1. The number of benzene rings is 2. The SMILES string of the molecule is CC(C)(C)N1CC(C(=O)Nc2ccc(Cl)cc2)C(c2ccc(C=CC(=O)Nc3ccccc3N)cn2)C1. The zero-order chi connectivity index (χ0) is 26.6. The maximum atomic E-state index is 13.3. The fourth-order valence-corrected chi connectivity index (χ4v) is 4.50. The second-order valence-corrected chi connectivity index (χ2v) is 10.6. The molecule has 1 aliphatic heterocycles. The van der Waals surface area contributed by atoms with Gasteiger partial charge in [-0.15, -0.1) is 0 Å². The number of hydrogen-bond donors (Lipinski definition) is 3. The lowest BCUT2D eigenvalue weighted by molar-refractivity contribution is -0.120. The maximum absolute atomic E-state index is 13.3. The highest BCUT2D eigenvalue weighted by atomic mass is 35.5. The number of anilines is 3. The number of nitrogens with one attached hydrogen (secondary N) is 2. The summed E-state index contributed by atoms with van der Waals surface area (Å²) in [5.41, 5.74) is 9.23. The van der Waals surface area contributed by atoms with Gasteiger partial charge in [0.2, 0.25) is 11.8 Å². The number of carbonyl (C=O) groups excluding carboxylic acids is 2. The van der Waals surface area contributed by atoms with E-state index < -0.39 is 0 Å². The van der Waals surface area contributed by atoms with E-state index in [0.717, 1.165) is 17.8 Å². The highest BCUT2D eigenvalue weighted by Gasteiger charge is 2.42. The van der Waals surface area contributed by atoms with Gasteiger partial charge < -0.3 is 16.4 Å². The first-order valence-electron chi connectivity index (χ1n) is 12.2. The van der Waals surface area contributed by atoms with E-state index in [9.17, 15) is 9.59 Å². The minimum Gasteiger partial charge on any atom is -0.397 e. The third kappa shape index (κ3) is 6.76. The minimum absolute atomic E-state index is 0.0401. The van der Waals surface area contributed by atoms with Gasteiger partial charge in [-0.25, -0.2) is 0 Å². The zero-order valence-electron chi connectivity index (χ0n) is 21.2. The van der Waals surface area contributed by atoms with Crippen LogP contribution in [0.5, 0.6) is 0 Å². The lowest BCUT2D eigenvalue weighted by atomic mass is 9.91. The first-order valence-corrected chi connectivity index (χ1v) is 12.6. The van der Waals surface area contributed by atoms with E-state index in [1.807, 2.05) is 24.3 Å². The zero-order valence-corrected chi connectivity index (χ0v) is 22.0. The molecule has 4 N–H and O–H groups in total. The normalized spacial score (nSPS) is 18.2. The number of hydrogen-bond acceptors (Lipinski definition) is 5. The molecule has 1 aromatic heterocycles. The van der Waals surface area contributed by atoms with Crippen LogP contribution in [0.2, 0.25) is 5.02 Å². The number of nitrogens with two attached hydrogens (primary N) is 1. The van der Waals surface area contributed by atoms with E-state index in [1.54, 1.807) is 48.7 Å². The van der Waals surface area contributed by atoms with Crippen molar-refractivity contribution in [2.45, 2.75) is 32.2 Å². The fraction of sp³-hybridized carbons (Fsp3) is 0.276. The van der Waals surface area contributed by atoms with Crippen molar-refractivity contribution in [2.24, 2.45) is 5.92 Å². The monoisotopic (exact) mass is 517 g/mol. The molecule has 1 fully saturated rings. The van der Waals surface area contributed by atoms with E-state index in [-0.39, 0.29) is 29.2 Å². The Hall–Kier alpha value is -3.68. The molecule has 7 nitrogen and oxygen atoms in total. The van der Waals surface area contributed by atoms with E-state index in [4.69, 9.17) is 17.3 Å². The third-order valence-electron chi connectivity index (χ3n) is 6.55. The summed E-state index contributed by atoms with van der Waals surface area (Å²) in [5.74, 6) is -0.640. The molecule has 0 radical (unpaired) electrons. The summed E-state index contributed by atoms with van der Waals surface area (Å²) >= 11 is 5.98. The molecule has 1 aliphatic rings. The Morgan fingerprint density at radius 2 is 1.76 bits per heavy atom. The van der Waals surface area contributed by atoms with Crippen molar-refractivity contribution in [1.29, 1.82) is 0 Å². The number of nitrogen functional groups attached to an aromatic ring is 1. The van der Waals surface area contributed by atoms with Crippen LogP contribution in [-0.2, 0) is 9.59 Å². The molecule has 1 saturated heterocycles. The van der Waals surface area contributed by atoms with E-state index in [0.29, 0.717) is 28.6 Å². The molecule has 2 amide bonds. The molecule has 8 heteroatoms. The van der Waals surface area contributed by atoms with Crippen LogP contribution in [0.1, 0.15) is 37.9 Å². The molecular formula is C29H32ClN5O2. The lowest BCUT2D eigenvalue weighted by Gasteiger charge is -2.31. The summed E-state index contributed by atoms with van der Waals surface area (Å²) in [6.45, 7) is 7.82. The highest BCUT2D eigenvalue weighted by Crippen LogP contribution is 2.36. The van der Waals surface area contributed by atoms with Gasteiger partial charge in [0, 0.05) is 53.2 Å². The lowest BCUT2D eigenvalue weighted by Crippen LogP contribution is -2.40. The van der Waals surface area contributed by atoms with Crippen molar-refractivity contribution in [3.05, 3.63) is 89.2 Å². The molecule has 2 aromatic carbocycles. The molecule has 2 heterocycles. The first kappa shape index (κ1) is 26.4. The number of carbonyl (C=O) groups is 2. The summed E-state index contributed by atoms with van der Waals surface area (Å²) in [6, 6.07) is 18.1. The van der Waals surface area contributed by atoms with Crippen LogP contribution < -0.4 is 16.4 Å². The molecule has 2 atom stereocenters. The predicted octanol–water partition coefficient (Wildman–Crippen LogP) is 5.42. The van der Waals surface area contributed by atoms with Crippen LogP contribution >= 0.6 is 11.6 Å². The van der Waals surface area contributed by atoms with Gasteiger partial charge in [0.05, 0.1) is 17.3 Å². The van der Waals surface area contributed by atoms with Crippen LogP contribution in [0.4, 0.5) is 17.1 Å². The summed E-state index contributed by atoms with van der Waals surface area (Å²) in [7, 11) is 0. The molecule has 0 saturated carbocycles. The molecule has 2 unspecified atom stereocenters. The van der Waals surface area contributed by atoms with Gasteiger partial charge in [0.15, 0.2) is 0 Å². The van der Waals surface area contributed by atoms with Gasteiger partial charge in [-0.05, 0) is 74.9 Å². The van der Waals surface area contributed by atoms with Gasteiger partial charge in [-0.3, -0.25) is 19.5 Å². The van der Waals surface area contributed by atoms with Crippen molar-refractivity contribution in [3.63, 3.8) is 0 Å². The Kier molecular flexibility index (Phi) is 7.95.